The van der Waals surface area contributed by atoms with Crippen LogP contribution < -0.4 is 0 Å². The number of hydrogen-bond donors (Lipinski definition) is 1. The SMILES string of the molecule is C=CC(Cc1ccccc1)S(=O)(=O)O. The molecule has 0 radical (unpaired) electrons. The molecule has 1 rings (SSSR count). The van der Waals surface area contributed by atoms with Gasteiger partial charge in [0.25, 0.3) is 10.1 Å². The van der Waals surface area contributed by atoms with E-state index in [9.17, 15) is 8.42 Å². The van der Waals surface area contributed by atoms with Gasteiger partial charge in [-0.2, -0.15) is 8.42 Å². The van der Waals surface area contributed by atoms with Gasteiger partial charge in [-0.25, -0.2) is 0 Å². The standard InChI is InChI=1S/C10H12O3S/c1-2-10(14(11,12)13)8-9-6-4-3-5-7-9/h2-7,10H,1,8H2,(H,11,12,13). The minimum Gasteiger partial charge on any atom is -0.285 e. The molecule has 0 aliphatic carbocycles. The molecule has 0 fully saturated rings. The van der Waals surface area contributed by atoms with Crippen molar-refractivity contribution < 1.29 is 13.0 Å². The molecule has 3 nitrogen and oxygen atoms in total. The molecule has 0 spiro atoms. The molecule has 0 aliphatic rings. The fourth-order valence-corrected chi connectivity index (χ4v) is 1.80. The topological polar surface area (TPSA) is 54.4 Å². The number of rotatable bonds is 4. The van der Waals surface area contributed by atoms with Crippen molar-refractivity contribution in [3.05, 3.63) is 48.6 Å². The predicted molar refractivity (Wildman–Crippen MR) is 55.7 cm³/mol. The summed E-state index contributed by atoms with van der Waals surface area (Å²) in [5, 5.41) is -0.926. The van der Waals surface area contributed by atoms with Gasteiger partial charge in [-0.3, -0.25) is 4.55 Å². The van der Waals surface area contributed by atoms with E-state index in [2.05, 4.69) is 6.58 Å². The van der Waals surface area contributed by atoms with Crippen LogP contribution in [0.4, 0.5) is 0 Å². The lowest BCUT2D eigenvalue weighted by Gasteiger charge is -2.08. The van der Waals surface area contributed by atoms with E-state index in [-0.39, 0.29) is 6.42 Å². The molecule has 76 valence electrons. The van der Waals surface area contributed by atoms with Crippen LogP contribution in [0.2, 0.25) is 0 Å². The van der Waals surface area contributed by atoms with E-state index in [1.165, 1.54) is 6.08 Å². The minimum absolute atomic E-state index is 0.253. The largest absolute Gasteiger partial charge is 0.285 e. The molecule has 1 atom stereocenters. The zero-order valence-corrected chi connectivity index (χ0v) is 8.44. The number of benzene rings is 1. The summed E-state index contributed by atoms with van der Waals surface area (Å²) in [6.45, 7) is 3.38. The maximum Gasteiger partial charge on any atom is 0.271 e. The second kappa shape index (κ2) is 4.39. The Labute approximate surface area is 83.8 Å². The van der Waals surface area contributed by atoms with Crippen molar-refractivity contribution in [2.75, 3.05) is 0 Å². The smallest absolute Gasteiger partial charge is 0.271 e. The highest BCUT2D eigenvalue weighted by molar-refractivity contribution is 7.86. The molecule has 1 aromatic carbocycles. The van der Waals surface area contributed by atoms with Gasteiger partial charge in [-0.1, -0.05) is 36.4 Å². The third-order valence-corrected chi connectivity index (χ3v) is 3.05. The summed E-state index contributed by atoms with van der Waals surface area (Å²) in [6, 6.07) is 9.10. The zero-order valence-electron chi connectivity index (χ0n) is 7.63. The Morgan fingerprint density at radius 2 is 1.93 bits per heavy atom. The molecule has 0 aliphatic heterocycles. The van der Waals surface area contributed by atoms with Crippen molar-refractivity contribution in [3.63, 3.8) is 0 Å². The van der Waals surface area contributed by atoms with Gasteiger partial charge in [0, 0.05) is 0 Å². The Morgan fingerprint density at radius 3 is 2.36 bits per heavy atom. The van der Waals surface area contributed by atoms with Crippen molar-refractivity contribution in [1.29, 1.82) is 0 Å². The summed E-state index contributed by atoms with van der Waals surface area (Å²) in [5.41, 5.74) is 0.857. The van der Waals surface area contributed by atoms with Crippen LogP contribution in [0.3, 0.4) is 0 Å². The van der Waals surface area contributed by atoms with Crippen molar-refractivity contribution in [2.24, 2.45) is 0 Å². The maximum absolute atomic E-state index is 10.9. The van der Waals surface area contributed by atoms with Gasteiger partial charge < -0.3 is 0 Å². The average molecular weight is 212 g/mol. The van der Waals surface area contributed by atoms with Crippen LogP contribution in [0, 0.1) is 0 Å². The van der Waals surface area contributed by atoms with Gasteiger partial charge in [-0.05, 0) is 12.0 Å². The molecule has 0 aromatic heterocycles. The summed E-state index contributed by atoms with van der Waals surface area (Å²) < 4.78 is 30.5. The van der Waals surface area contributed by atoms with E-state index in [0.717, 1.165) is 5.56 Å². The van der Waals surface area contributed by atoms with Crippen LogP contribution in [0.25, 0.3) is 0 Å². The van der Waals surface area contributed by atoms with Gasteiger partial charge in [0.1, 0.15) is 5.25 Å². The molecule has 0 saturated heterocycles. The van der Waals surface area contributed by atoms with Crippen molar-refractivity contribution in [1.82, 2.24) is 0 Å². The Kier molecular flexibility index (Phi) is 3.43. The highest BCUT2D eigenvalue weighted by Gasteiger charge is 2.19. The van der Waals surface area contributed by atoms with E-state index in [0.29, 0.717) is 0 Å². The van der Waals surface area contributed by atoms with E-state index < -0.39 is 15.4 Å². The number of hydrogen-bond acceptors (Lipinski definition) is 2. The van der Waals surface area contributed by atoms with E-state index >= 15 is 0 Å². The molecule has 0 bridgehead atoms. The van der Waals surface area contributed by atoms with Crippen LogP contribution in [0.1, 0.15) is 5.56 Å². The first kappa shape index (κ1) is 10.9. The van der Waals surface area contributed by atoms with Gasteiger partial charge >= 0.3 is 0 Å². The molecule has 4 heteroatoms. The fraction of sp³-hybridized carbons (Fsp3) is 0.200. The lowest BCUT2D eigenvalue weighted by atomic mass is 10.1. The third kappa shape index (κ3) is 2.97. The summed E-state index contributed by atoms with van der Waals surface area (Å²) in [6.07, 6.45) is 1.49. The first-order chi connectivity index (χ1) is 6.54. The average Bonchev–Trinajstić information content (AvgIpc) is 2.14. The maximum atomic E-state index is 10.9. The normalized spacial score (nSPS) is 13.5. The molecular weight excluding hydrogens is 200 g/mol. The molecular formula is C10H12O3S. The summed E-state index contributed by atoms with van der Waals surface area (Å²) >= 11 is 0. The quantitative estimate of drug-likeness (QED) is 0.610. The van der Waals surface area contributed by atoms with Crippen molar-refractivity contribution >= 4 is 10.1 Å². The second-order valence-corrected chi connectivity index (χ2v) is 4.61. The van der Waals surface area contributed by atoms with E-state index in [1.807, 2.05) is 30.3 Å². The van der Waals surface area contributed by atoms with E-state index in [4.69, 9.17) is 4.55 Å². The predicted octanol–water partition coefficient (Wildman–Crippen LogP) is 1.67. The van der Waals surface area contributed by atoms with Crippen molar-refractivity contribution in [3.8, 4) is 0 Å². The van der Waals surface area contributed by atoms with Gasteiger partial charge in [-0.15, -0.1) is 6.58 Å². The van der Waals surface area contributed by atoms with Crippen LogP contribution in [0.15, 0.2) is 43.0 Å². The van der Waals surface area contributed by atoms with Crippen LogP contribution >= 0.6 is 0 Å². The van der Waals surface area contributed by atoms with Crippen LogP contribution in [-0.4, -0.2) is 18.2 Å². The fourth-order valence-electron chi connectivity index (χ4n) is 1.16. The van der Waals surface area contributed by atoms with Gasteiger partial charge in [0.05, 0.1) is 0 Å². The van der Waals surface area contributed by atoms with Crippen LogP contribution in [0.5, 0.6) is 0 Å². The Bertz CT molecular complexity index is 395. The molecule has 14 heavy (non-hydrogen) atoms. The molecule has 0 amide bonds. The molecule has 1 unspecified atom stereocenters. The Balaban J connectivity index is 2.82. The molecule has 0 heterocycles. The van der Waals surface area contributed by atoms with Crippen LogP contribution in [-0.2, 0) is 16.5 Å². The second-order valence-electron chi connectivity index (χ2n) is 2.98. The van der Waals surface area contributed by atoms with Gasteiger partial charge in [0.15, 0.2) is 0 Å². The monoisotopic (exact) mass is 212 g/mol. The Hall–Kier alpha value is -1.13. The summed E-state index contributed by atoms with van der Waals surface area (Å²) in [7, 11) is -4.03. The summed E-state index contributed by atoms with van der Waals surface area (Å²) in [4.78, 5) is 0. The van der Waals surface area contributed by atoms with Crippen molar-refractivity contribution in [2.45, 2.75) is 11.7 Å². The molecule has 0 saturated carbocycles. The first-order valence-corrected chi connectivity index (χ1v) is 5.67. The minimum atomic E-state index is -4.03. The zero-order chi connectivity index (χ0) is 10.6. The molecule has 1 N–H and O–H groups in total. The lowest BCUT2D eigenvalue weighted by molar-refractivity contribution is 0.474. The first-order valence-electron chi connectivity index (χ1n) is 4.17. The lowest BCUT2D eigenvalue weighted by Crippen LogP contribution is -2.20. The highest BCUT2D eigenvalue weighted by atomic mass is 32.2. The molecule has 1 aromatic rings. The van der Waals surface area contributed by atoms with Gasteiger partial charge in [0.2, 0.25) is 0 Å². The Morgan fingerprint density at radius 1 is 1.36 bits per heavy atom. The summed E-state index contributed by atoms with van der Waals surface area (Å²) in [5.74, 6) is 0. The third-order valence-electron chi connectivity index (χ3n) is 1.93. The highest BCUT2D eigenvalue weighted by Crippen LogP contribution is 2.09. The van der Waals surface area contributed by atoms with E-state index in [1.54, 1.807) is 0 Å².